The Balaban J connectivity index is 1.75. The molecule has 3 unspecified atom stereocenters. The number of phenolic OH excluding ortho intramolecular Hbond substituents is 1. The first-order chi connectivity index (χ1) is 67.3. The Kier molecular flexibility index (Phi) is 53.7. The van der Waals surface area contributed by atoms with Gasteiger partial charge in [-0.2, -0.15) is 0 Å². The van der Waals surface area contributed by atoms with E-state index in [2.05, 4.69) is 73.8 Å². The molecule has 0 radical (unpaired) electrons. The lowest BCUT2D eigenvalue weighted by molar-refractivity contribution is -0.143. The highest BCUT2D eigenvalue weighted by Gasteiger charge is 2.44. The van der Waals surface area contributed by atoms with Crippen LogP contribution in [0.15, 0.2) is 36.8 Å². The quantitative estimate of drug-likeness (QED) is 0.0257. The number of carbonyl (C=O) groups is 22. The van der Waals surface area contributed by atoms with Gasteiger partial charge < -0.3 is 100 Å². The van der Waals surface area contributed by atoms with Crippen LogP contribution < -0.4 is 75.3 Å². The van der Waals surface area contributed by atoms with Crippen LogP contribution in [0.5, 0.6) is 5.75 Å². The van der Waals surface area contributed by atoms with Crippen molar-refractivity contribution in [3.63, 3.8) is 0 Å². The number of aliphatic carboxylic acids is 2. The molecule has 0 saturated carbocycles. The number of nitrogens with two attached hydrogens (primary N) is 2. The molecule has 2 saturated heterocycles. The Morgan fingerprint density at radius 1 is 0.573 bits per heavy atom. The van der Waals surface area contributed by atoms with E-state index >= 15 is 19.2 Å². The molecule has 2 aromatic rings. The number of Topliss-reactive ketones (excluding diaryl/α,β-unsaturated/α-hetero) is 7. The number of carbonyl (C=O) groups excluding carboxylic acids is 20. The van der Waals surface area contributed by atoms with Crippen LogP contribution in [-0.4, -0.2) is 253 Å². The summed E-state index contributed by atoms with van der Waals surface area (Å²) in [7, 11) is 0. The van der Waals surface area contributed by atoms with E-state index in [1.807, 2.05) is 20.8 Å². The molecule has 1 aromatic carbocycles. The maximum Gasteiger partial charge on any atom is 0.304 e. The highest BCUT2D eigenvalue weighted by molar-refractivity contribution is 6.03. The van der Waals surface area contributed by atoms with Gasteiger partial charge in [-0.15, -0.1) is 0 Å². The molecule has 21 N–H and O–H groups in total. The van der Waals surface area contributed by atoms with Gasteiger partial charge in [-0.05, 0) is 137 Å². The van der Waals surface area contributed by atoms with Gasteiger partial charge in [0.15, 0.2) is 46.4 Å². The van der Waals surface area contributed by atoms with Crippen molar-refractivity contribution in [2.24, 2.45) is 88.4 Å². The van der Waals surface area contributed by atoms with Crippen LogP contribution in [0.3, 0.4) is 0 Å². The molecule has 17 atom stereocenters. The molecule has 796 valence electrons. The highest BCUT2D eigenvalue weighted by atomic mass is 16.4. The van der Waals surface area contributed by atoms with Crippen LogP contribution in [0.4, 0.5) is 0 Å². The monoisotopic (exact) mass is 2010 g/mol. The van der Waals surface area contributed by atoms with Crippen LogP contribution in [0, 0.1) is 82.3 Å². The predicted octanol–water partition coefficient (Wildman–Crippen LogP) is 3.15. The van der Waals surface area contributed by atoms with Crippen molar-refractivity contribution in [2.75, 3.05) is 39.3 Å². The normalized spacial score (nSPS) is 19.2. The number of hydrogen-bond acceptors (Lipinski definition) is 25. The first kappa shape index (κ1) is 123. The first-order valence-corrected chi connectivity index (χ1v) is 50.1. The van der Waals surface area contributed by atoms with E-state index in [0.29, 0.717) is 30.6 Å². The molecule has 43 nitrogen and oxygen atoms in total. The van der Waals surface area contributed by atoms with E-state index in [9.17, 15) is 102 Å². The summed E-state index contributed by atoms with van der Waals surface area (Å²) in [6, 6.07) is -5.72. The maximum absolute atomic E-state index is 15.4. The van der Waals surface area contributed by atoms with E-state index < -0.39 is 315 Å². The smallest absolute Gasteiger partial charge is 0.304 e. The lowest BCUT2D eigenvalue weighted by Gasteiger charge is -2.30. The van der Waals surface area contributed by atoms with Gasteiger partial charge in [0.2, 0.25) is 76.8 Å². The Morgan fingerprint density at radius 3 is 1.80 bits per heavy atom. The van der Waals surface area contributed by atoms with Gasteiger partial charge >= 0.3 is 11.9 Å². The summed E-state index contributed by atoms with van der Waals surface area (Å²) in [6.45, 7) is 23.1. The summed E-state index contributed by atoms with van der Waals surface area (Å²) in [5.74, 6) is -30.3. The number of aromatic nitrogens is 2. The number of likely N-dealkylation sites (tertiary alicyclic amines) is 1. The van der Waals surface area contributed by atoms with Crippen molar-refractivity contribution < 1.29 is 121 Å². The number of imidazole rings is 1. The number of H-pyrrole nitrogens is 1. The largest absolute Gasteiger partial charge is 0.508 e. The SMILES string of the molecule is CCNC(=O)[C@@H](CC(=O)C(NC(=O)[C@@H](CC(=O)[C@H](CCCNC(=N)N)NC(=O)[C@H](CCC(N)=O)CC(=O)[C@H](CC(C)C)NC(=O)[C@@H](CC(=O)[C@@H]1CCCCNC(=O)C[C@H](NC(=O)[C@H](CCC(=O)O)CC(=O)[C@@H]2CCCN2C(=O)C(Cc2ccc(O)cc2)NC(=O)CNC(=O)CNC(C)=O)C(=O)CC([C@@H](C)CC)C(=O)N[C@@H](CC(C)C)C(=O)C[C@@H](CC(=O)O)C(=O)N1)Cc1cnc[nH]1)C(C)C)[C@@H](C)CC)CC(C)C. The molecule has 0 spiro atoms. The first-order valence-electron chi connectivity index (χ1n) is 50.1. The zero-order valence-electron chi connectivity index (χ0n) is 85.3. The number of amides is 13. The number of aromatic amines is 1. The Labute approximate surface area is 836 Å². The van der Waals surface area contributed by atoms with E-state index in [4.69, 9.17) is 16.9 Å². The third kappa shape index (κ3) is 44.7. The molecule has 143 heavy (non-hydrogen) atoms. The standard InChI is InChI=1S/C100H156N18O25/c1-15-58(12)70-48-82(125)75(115-94(138)63(28-32-89(132)133)42-83(126)77-24-21-35-118(77)99(143)76(39-61-25-29-68(120)30-26-61)111-88(131)52-109-87(130)51-108-60(14)119)49-86(129)106-33-19-18-22-71(113-96(140)66(46-90(134)135)44-80(123)74(38-56(8)9)116-98(70)142)78(121)43-65(40-67-50-104-53-110-67)95(139)114-73(37-55(6)7)79(122)41-62(27-31-85(101)128)93(137)112-72(23-20-34-107-100(102)103)81(124)47-69(57(10)11)97(141)117-91(59(13)16-2)84(127)45-64(36-54(4)5)92(136)105-17-3/h25-26,29-30,50,53-59,62-66,69-77,91,120H,15-24,27-28,31-49,51-52H2,1-14H3,(H2,101,128)(H,104,110)(H,105,136)(H,106,129)(H,108,119)(H,109,130)(H,111,131)(H,112,137)(H,113,140)(H,114,139)(H,115,138)(H,116,142)(H,117,141)(H,132,133)(H,134,135)(H4,102,103,107)/t58-,59-,62+,63+,64+,65+,66-,69-,70?,71-,72-,73-,74-,75-,76?,77-,91?/m0/s1. The molecule has 2 aliphatic heterocycles. The molecule has 2 aliphatic rings. The number of primary amides is 1. The average Bonchev–Trinajstić information content (AvgIpc) is 1.65. The van der Waals surface area contributed by atoms with E-state index in [-0.39, 0.29) is 145 Å². The number of phenols is 1. The minimum atomic E-state index is -1.81. The minimum Gasteiger partial charge on any atom is -0.508 e. The Hall–Kier alpha value is -12.8. The van der Waals surface area contributed by atoms with Crippen molar-refractivity contribution in [1.29, 1.82) is 5.41 Å². The van der Waals surface area contributed by atoms with Gasteiger partial charge in [0, 0.05) is 145 Å². The number of guanidine groups is 1. The number of aromatic hydroxyl groups is 1. The molecule has 0 aliphatic carbocycles. The Morgan fingerprint density at radius 2 is 1.20 bits per heavy atom. The van der Waals surface area contributed by atoms with Crippen LogP contribution >= 0.6 is 0 Å². The number of nitrogens with one attached hydrogen (secondary N) is 14. The molecular weight excluding hydrogens is 1850 g/mol. The fourth-order valence-electron chi connectivity index (χ4n) is 17.6. The number of ketones is 7. The van der Waals surface area contributed by atoms with Crippen molar-refractivity contribution in [1.82, 2.24) is 78.7 Å². The molecule has 2 fully saturated rings. The molecule has 13 amide bonds. The summed E-state index contributed by atoms with van der Waals surface area (Å²) in [4.78, 5) is 319. The van der Waals surface area contributed by atoms with Gasteiger partial charge in [-0.3, -0.25) is 111 Å². The molecule has 0 bridgehead atoms. The lowest BCUT2D eigenvalue weighted by atomic mass is 9.83. The van der Waals surface area contributed by atoms with Gasteiger partial charge in [0.25, 0.3) is 0 Å². The van der Waals surface area contributed by atoms with E-state index in [0.717, 1.165) is 0 Å². The van der Waals surface area contributed by atoms with Crippen molar-refractivity contribution in [3.8, 4) is 5.75 Å². The van der Waals surface area contributed by atoms with Crippen molar-refractivity contribution in [2.45, 2.75) is 319 Å². The fourth-order valence-corrected chi connectivity index (χ4v) is 17.6. The molecule has 43 heteroatoms. The van der Waals surface area contributed by atoms with Gasteiger partial charge in [0.1, 0.15) is 11.8 Å². The number of hydrogen-bond donors (Lipinski definition) is 19. The van der Waals surface area contributed by atoms with Crippen molar-refractivity contribution >= 4 is 135 Å². The van der Waals surface area contributed by atoms with Gasteiger partial charge in [0.05, 0.1) is 86.4 Å². The number of benzene rings is 1. The summed E-state index contributed by atoms with van der Waals surface area (Å²) in [6.07, 6.45) is -5.07. The summed E-state index contributed by atoms with van der Waals surface area (Å²) in [5, 5.41) is 70.0. The van der Waals surface area contributed by atoms with E-state index in [1.54, 1.807) is 69.2 Å². The average molecular weight is 2010 g/mol. The van der Waals surface area contributed by atoms with Crippen LogP contribution in [0.25, 0.3) is 0 Å². The summed E-state index contributed by atoms with van der Waals surface area (Å²) >= 11 is 0. The second kappa shape index (κ2) is 62.6. The molecular formula is C100H156N18O25. The maximum atomic E-state index is 15.4. The Bertz CT molecular complexity index is 4690. The highest BCUT2D eigenvalue weighted by Crippen LogP contribution is 2.31. The zero-order valence-corrected chi connectivity index (χ0v) is 85.3. The molecule has 1 aromatic heterocycles. The third-order valence-corrected chi connectivity index (χ3v) is 26.0. The number of rotatable bonds is 58. The predicted molar refractivity (Wildman–Crippen MR) is 525 cm³/mol. The van der Waals surface area contributed by atoms with Crippen molar-refractivity contribution in [3.05, 3.63) is 48.0 Å². The third-order valence-electron chi connectivity index (χ3n) is 26.0. The minimum absolute atomic E-state index is 0.0152. The number of carboxylic acids is 2. The van der Waals surface area contributed by atoms with Crippen LogP contribution in [0.1, 0.15) is 269 Å². The van der Waals surface area contributed by atoms with Crippen LogP contribution in [0.2, 0.25) is 0 Å². The number of nitrogens with zero attached hydrogens (tertiary/aromatic N) is 2. The zero-order chi connectivity index (χ0) is 107. The molecule has 3 heterocycles. The second-order valence-electron chi connectivity index (χ2n) is 39.7. The topological polar surface area (TPSA) is 688 Å². The number of carboxylic acid groups (broad SMARTS) is 2. The molecule has 4 rings (SSSR count). The fraction of sp³-hybridized carbons (Fsp3) is 0.680. The van der Waals surface area contributed by atoms with E-state index in [1.165, 1.54) is 48.6 Å². The lowest BCUT2D eigenvalue weighted by Crippen LogP contribution is -2.54. The summed E-state index contributed by atoms with van der Waals surface area (Å²) < 4.78 is 0. The van der Waals surface area contributed by atoms with Gasteiger partial charge in [-0.1, -0.05) is 108 Å². The summed E-state index contributed by atoms with van der Waals surface area (Å²) in [5.41, 5.74) is 12.0. The van der Waals surface area contributed by atoms with Gasteiger partial charge in [-0.25, -0.2) is 4.98 Å². The second-order valence-corrected chi connectivity index (χ2v) is 39.7. The van der Waals surface area contributed by atoms with Crippen LogP contribution in [-0.2, 0) is 118 Å².